The molecule has 0 atom stereocenters. The summed E-state index contributed by atoms with van der Waals surface area (Å²) in [7, 11) is 4.02. The Morgan fingerprint density at radius 1 is 1.54 bits per heavy atom. The predicted molar refractivity (Wildman–Crippen MR) is 59.0 cm³/mol. The molecule has 0 aliphatic carbocycles. The van der Waals surface area contributed by atoms with E-state index in [9.17, 15) is 0 Å². The number of likely N-dealkylation sites (N-methyl/N-ethyl adjacent to an activating group) is 1. The Kier molecular flexibility index (Phi) is 6.92. The zero-order valence-corrected chi connectivity index (χ0v) is 8.75. The average Bonchev–Trinajstić information content (AvgIpc) is 2.04. The summed E-state index contributed by atoms with van der Waals surface area (Å²) in [4.78, 5) is 6.41. The van der Waals surface area contributed by atoms with Crippen LogP contribution in [-0.2, 0) is 0 Å². The van der Waals surface area contributed by atoms with Crippen molar-refractivity contribution in [2.45, 2.75) is 6.92 Å². The van der Waals surface area contributed by atoms with Gasteiger partial charge in [0.05, 0.1) is 13.1 Å². The molecule has 0 aliphatic heterocycles. The van der Waals surface area contributed by atoms with Gasteiger partial charge in [-0.25, -0.2) is 0 Å². The molecule has 0 heterocycles. The van der Waals surface area contributed by atoms with Crippen molar-refractivity contribution in [2.24, 2.45) is 4.99 Å². The summed E-state index contributed by atoms with van der Waals surface area (Å²) >= 11 is 0. The van der Waals surface area contributed by atoms with Gasteiger partial charge >= 0.3 is 0 Å². The van der Waals surface area contributed by atoms with Crippen LogP contribution in [0.4, 0.5) is 0 Å². The van der Waals surface area contributed by atoms with E-state index >= 15 is 0 Å². The molecule has 3 heteroatoms. The lowest BCUT2D eigenvalue weighted by Gasteiger charge is -2.11. The Hall–Kier alpha value is -1.09. The van der Waals surface area contributed by atoms with E-state index in [1.807, 2.05) is 33.2 Å². The molecule has 0 radical (unpaired) electrons. The summed E-state index contributed by atoms with van der Waals surface area (Å²) in [6.45, 7) is 7.13. The zero-order valence-electron chi connectivity index (χ0n) is 8.75. The molecule has 0 aromatic heterocycles. The minimum Gasteiger partial charge on any atom is -0.350 e. The third-order valence-electron chi connectivity index (χ3n) is 1.36. The molecular formula is C10H19N3. The zero-order chi connectivity index (χ0) is 10.1. The van der Waals surface area contributed by atoms with Crippen molar-refractivity contribution in [2.75, 3.05) is 27.2 Å². The van der Waals surface area contributed by atoms with Crippen LogP contribution in [0.25, 0.3) is 0 Å². The molecule has 0 aromatic rings. The first kappa shape index (κ1) is 11.9. The summed E-state index contributed by atoms with van der Waals surface area (Å²) in [5.74, 6) is 0.943. The molecule has 0 aliphatic rings. The third-order valence-corrected chi connectivity index (χ3v) is 1.36. The van der Waals surface area contributed by atoms with Gasteiger partial charge in [0.15, 0.2) is 0 Å². The van der Waals surface area contributed by atoms with E-state index in [-0.39, 0.29) is 0 Å². The number of nitrogens with zero attached hydrogens (tertiary/aromatic N) is 2. The van der Waals surface area contributed by atoms with Gasteiger partial charge in [-0.05, 0) is 27.2 Å². The number of allylic oxidation sites excluding steroid dienone is 1. The highest BCUT2D eigenvalue weighted by Gasteiger charge is 1.96. The molecule has 0 aromatic carbocycles. The molecule has 0 rings (SSSR count). The van der Waals surface area contributed by atoms with E-state index in [0.717, 1.165) is 18.9 Å². The highest BCUT2D eigenvalue weighted by Crippen LogP contribution is 1.82. The number of hydrogen-bond donors (Lipinski definition) is 1. The fourth-order valence-corrected chi connectivity index (χ4v) is 0.827. The summed E-state index contributed by atoms with van der Waals surface area (Å²) in [5.41, 5.74) is 0. The molecule has 0 spiro atoms. The fourth-order valence-electron chi connectivity index (χ4n) is 0.827. The highest BCUT2D eigenvalue weighted by atomic mass is 15.1. The molecule has 74 valence electrons. The lowest BCUT2D eigenvalue weighted by Crippen LogP contribution is -2.30. The molecule has 3 nitrogen and oxygen atoms in total. The average molecular weight is 181 g/mol. The summed E-state index contributed by atoms with van der Waals surface area (Å²) in [6.07, 6.45) is 5.66. The Morgan fingerprint density at radius 2 is 2.23 bits per heavy atom. The van der Waals surface area contributed by atoms with Gasteiger partial charge < -0.3 is 10.2 Å². The maximum absolute atomic E-state index is 4.35. The molecule has 0 fully saturated rings. The van der Waals surface area contributed by atoms with Crippen LogP contribution >= 0.6 is 0 Å². The molecule has 13 heavy (non-hydrogen) atoms. The van der Waals surface area contributed by atoms with Crippen molar-refractivity contribution in [1.82, 2.24) is 10.2 Å². The van der Waals surface area contributed by atoms with Crippen LogP contribution in [0.1, 0.15) is 6.92 Å². The van der Waals surface area contributed by atoms with Crippen LogP contribution in [0, 0.1) is 0 Å². The first-order chi connectivity index (χ1) is 6.20. The molecule has 1 N–H and O–H groups in total. The molecule has 0 saturated carbocycles. The lowest BCUT2D eigenvalue weighted by atomic mass is 10.5. The van der Waals surface area contributed by atoms with Crippen LogP contribution in [0.5, 0.6) is 0 Å². The van der Waals surface area contributed by atoms with Crippen LogP contribution in [0.3, 0.4) is 0 Å². The Bertz CT molecular complexity index is 192. The molecule has 0 saturated heterocycles. The second-order valence-corrected chi connectivity index (χ2v) is 2.94. The van der Waals surface area contributed by atoms with Gasteiger partial charge in [0, 0.05) is 0 Å². The van der Waals surface area contributed by atoms with Crippen molar-refractivity contribution in [1.29, 1.82) is 0 Å². The number of rotatable bonds is 5. The maximum atomic E-state index is 4.35. The van der Waals surface area contributed by atoms with Gasteiger partial charge in [-0.1, -0.05) is 18.7 Å². The SMILES string of the molecule is C=CNC(CN(C)C)=NC/C=C\C. The standard InChI is InChI=1S/C10H19N3/c1-5-7-8-12-10(11-6-2)9-13(3)4/h5-7H,2,8-9H2,1,3-4H3,(H,11,12)/b7-5-. The Balaban J connectivity index is 4.05. The van der Waals surface area contributed by atoms with Gasteiger partial charge in [0.1, 0.15) is 5.84 Å². The van der Waals surface area contributed by atoms with Crippen molar-refractivity contribution in [3.8, 4) is 0 Å². The van der Waals surface area contributed by atoms with Gasteiger partial charge in [-0.15, -0.1) is 0 Å². The molecule has 0 amide bonds. The third kappa shape index (κ3) is 7.28. The van der Waals surface area contributed by atoms with Crippen molar-refractivity contribution >= 4 is 5.84 Å². The van der Waals surface area contributed by atoms with E-state index in [0.29, 0.717) is 0 Å². The minimum absolute atomic E-state index is 0.723. The van der Waals surface area contributed by atoms with Crippen LogP contribution < -0.4 is 5.32 Å². The summed E-state index contributed by atoms with van der Waals surface area (Å²) < 4.78 is 0. The number of nitrogens with one attached hydrogen (secondary N) is 1. The first-order valence-corrected chi connectivity index (χ1v) is 4.37. The molecule has 0 unspecified atom stereocenters. The number of amidine groups is 1. The van der Waals surface area contributed by atoms with Crippen LogP contribution in [0.15, 0.2) is 29.9 Å². The fraction of sp³-hybridized carbons (Fsp3) is 0.500. The summed E-state index contributed by atoms with van der Waals surface area (Å²) in [6, 6.07) is 0. The van der Waals surface area contributed by atoms with Gasteiger partial charge in [-0.3, -0.25) is 4.99 Å². The van der Waals surface area contributed by atoms with Gasteiger partial charge in [-0.2, -0.15) is 0 Å². The molecular weight excluding hydrogens is 162 g/mol. The Morgan fingerprint density at radius 3 is 2.69 bits per heavy atom. The number of aliphatic imine (C=N–C) groups is 1. The van der Waals surface area contributed by atoms with Crippen LogP contribution in [-0.4, -0.2) is 37.9 Å². The van der Waals surface area contributed by atoms with Crippen molar-refractivity contribution < 1.29 is 0 Å². The first-order valence-electron chi connectivity index (χ1n) is 4.37. The second kappa shape index (κ2) is 7.55. The van der Waals surface area contributed by atoms with E-state index in [1.165, 1.54) is 0 Å². The van der Waals surface area contributed by atoms with Crippen molar-refractivity contribution in [3.63, 3.8) is 0 Å². The number of hydrogen-bond acceptors (Lipinski definition) is 2. The summed E-state index contributed by atoms with van der Waals surface area (Å²) in [5, 5.41) is 3.01. The quantitative estimate of drug-likeness (QED) is 0.393. The van der Waals surface area contributed by atoms with E-state index < -0.39 is 0 Å². The lowest BCUT2D eigenvalue weighted by molar-refractivity contribution is 0.466. The van der Waals surface area contributed by atoms with E-state index in [1.54, 1.807) is 6.20 Å². The van der Waals surface area contributed by atoms with Gasteiger partial charge in [0.2, 0.25) is 0 Å². The van der Waals surface area contributed by atoms with Crippen molar-refractivity contribution in [3.05, 3.63) is 24.9 Å². The van der Waals surface area contributed by atoms with Crippen LogP contribution in [0.2, 0.25) is 0 Å². The van der Waals surface area contributed by atoms with E-state index in [2.05, 4.69) is 21.8 Å². The largest absolute Gasteiger partial charge is 0.350 e. The minimum atomic E-state index is 0.723. The second-order valence-electron chi connectivity index (χ2n) is 2.94. The Labute approximate surface area is 80.8 Å². The normalized spacial score (nSPS) is 12.5. The predicted octanol–water partition coefficient (Wildman–Crippen LogP) is 1.26. The highest BCUT2D eigenvalue weighted by molar-refractivity contribution is 5.84. The van der Waals surface area contributed by atoms with Gasteiger partial charge in [0.25, 0.3) is 0 Å². The smallest absolute Gasteiger partial charge is 0.115 e. The topological polar surface area (TPSA) is 27.6 Å². The van der Waals surface area contributed by atoms with E-state index in [4.69, 9.17) is 0 Å². The molecule has 0 bridgehead atoms. The monoisotopic (exact) mass is 181 g/mol. The maximum Gasteiger partial charge on any atom is 0.115 e.